The van der Waals surface area contributed by atoms with Gasteiger partial charge in [0.15, 0.2) is 0 Å². The molecular formula is C22H18ClF4N5O2. The minimum atomic E-state index is -4.76. The molecule has 1 amide bonds. The summed E-state index contributed by atoms with van der Waals surface area (Å²) in [5, 5.41) is 7.65. The van der Waals surface area contributed by atoms with Gasteiger partial charge >= 0.3 is 11.3 Å². The van der Waals surface area contributed by atoms with Crippen LogP contribution in [-0.2, 0) is 5.92 Å². The van der Waals surface area contributed by atoms with Crippen molar-refractivity contribution < 1.29 is 27.5 Å². The van der Waals surface area contributed by atoms with E-state index >= 15 is 0 Å². The lowest BCUT2D eigenvalue weighted by atomic mass is 10.1. The average molecular weight is 496 g/mol. The van der Waals surface area contributed by atoms with Gasteiger partial charge in [-0.05, 0) is 36.2 Å². The van der Waals surface area contributed by atoms with Crippen molar-refractivity contribution in [1.29, 1.82) is 0 Å². The zero-order chi connectivity index (χ0) is 24.5. The highest BCUT2D eigenvalue weighted by Crippen LogP contribution is 2.45. The van der Waals surface area contributed by atoms with Crippen molar-refractivity contribution in [2.75, 3.05) is 23.3 Å². The first-order valence-corrected chi connectivity index (χ1v) is 10.5. The van der Waals surface area contributed by atoms with Crippen LogP contribution in [-0.4, -0.2) is 50.5 Å². The maximum Gasteiger partial charge on any atom is 0.388 e. The number of β-amino-alcohol motifs (C(OH)–C–C–N with tert-alkyl or cyclic N) is 1. The number of nitrogens with zero attached hydrogens (tertiary/aromatic N) is 4. The lowest BCUT2D eigenvalue weighted by Gasteiger charge is -2.21. The molecule has 1 aliphatic heterocycles. The number of halogens is 5. The third-order valence-corrected chi connectivity index (χ3v) is 5.56. The molecule has 1 aliphatic rings. The van der Waals surface area contributed by atoms with Crippen LogP contribution < -0.4 is 10.2 Å². The molecule has 34 heavy (non-hydrogen) atoms. The molecule has 12 heteroatoms. The number of aliphatic hydroxyl groups excluding tert-OH is 1. The molecule has 3 heterocycles. The van der Waals surface area contributed by atoms with E-state index in [1.165, 1.54) is 12.5 Å². The SMILES string of the molecule is O=C(Nc1ccc(C(F)(F)C(F)(F)Cl)cc1)c1cnc(N2CCC(O)C2)c(-c2cncnc2)c1. The molecule has 1 atom stereocenters. The number of aromatic nitrogens is 3. The Morgan fingerprint density at radius 3 is 2.38 bits per heavy atom. The number of alkyl halides is 5. The van der Waals surface area contributed by atoms with Gasteiger partial charge in [-0.25, -0.2) is 15.0 Å². The van der Waals surface area contributed by atoms with Crippen molar-refractivity contribution in [3.05, 3.63) is 66.4 Å². The quantitative estimate of drug-likeness (QED) is 0.392. The van der Waals surface area contributed by atoms with E-state index in [1.807, 2.05) is 4.90 Å². The van der Waals surface area contributed by atoms with Crippen molar-refractivity contribution in [2.24, 2.45) is 0 Å². The van der Waals surface area contributed by atoms with Crippen LogP contribution in [0, 0.1) is 0 Å². The lowest BCUT2D eigenvalue weighted by molar-refractivity contribution is -0.164. The molecule has 0 bridgehead atoms. The maximum absolute atomic E-state index is 13.7. The van der Waals surface area contributed by atoms with Crippen LogP contribution in [0.1, 0.15) is 22.3 Å². The molecule has 2 N–H and O–H groups in total. The fourth-order valence-corrected chi connectivity index (χ4v) is 3.66. The summed E-state index contributed by atoms with van der Waals surface area (Å²) in [6.07, 6.45) is 5.93. The highest BCUT2D eigenvalue weighted by Gasteiger charge is 2.56. The van der Waals surface area contributed by atoms with Gasteiger partial charge < -0.3 is 15.3 Å². The summed E-state index contributed by atoms with van der Waals surface area (Å²) >= 11 is 4.51. The predicted molar refractivity (Wildman–Crippen MR) is 117 cm³/mol. The molecule has 0 aliphatic carbocycles. The summed E-state index contributed by atoms with van der Waals surface area (Å²) in [7, 11) is 0. The summed E-state index contributed by atoms with van der Waals surface area (Å²) in [6, 6.07) is 5.25. The van der Waals surface area contributed by atoms with Crippen LogP contribution in [0.15, 0.2) is 55.2 Å². The summed E-state index contributed by atoms with van der Waals surface area (Å²) in [6.45, 7) is 0.969. The number of hydrogen-bond donors (Lipinski definition) is 2. The van der Waals surface area contributed by atoms with Gasteiger partial charge in [-0.15, -0.1) is 0 Å². The largest absolute Gasteiger partial charge is 0.391 e. The number of hydrogen-bond acceptors (Lipinski definition) is 6. The molecule has 178 valence electrons. The molecule has 4 rings (SSSR count). The zero-order valence-electron chi connectivity index (χ0n) is 17.4. The molecule has 1 unspecified atom stereocenters. The van der Waals surface area contributed by atoms with E-state index in [0.717, 1.165) is 24.3 Å². The van der Waals surface area contributed by atoms with Gasteiger partial charge in [-0.3, -0.25) is 4.79 Å². The number of carbonyl (C=O) groups excluding carboxylic acids is 1. The van der Waals surface area contributed by atoms with E-state index in [0.29, 0.717) is 36.5 Å². The smallest absolute Gasteiger partial charge is 0.388 e. The average Bonchev–Trinajstić information content (AvgIpc) is 3.25. The van der Waals surface area contributed by atoms with Crippen molar-refractivity contribution in [2.45, 2.75) is 23.8 Å². The molecule has 1 aromatic carbocycles. The first-order valence-electron chi connectivity index (χ1n) is 10.1. The Bertz CT molecular complexity index is 1180. The Morgan fingerprint density at radius 2 is 1.79 bits per heavy atom. The fourth-order valence-electron chi connectivity index (χ4n) is 3.55. The summed E-state index contributed by atoms with van der Waals surface area (Å²) in [4.78, 5) is 27.1. The number of carbonyl (C=O) groups is 1. The van der Waals surface area contributed by atoms with Gasteiger partial charge in [-0.2, -0.15) is 17.6 Å². The van der Waals surface area contributed by atoms with Crippen molar-refractivity contribution in [3.8, 4) is 11.1 Å². The minimum absolute atomic E-state index is 0.110. The van der Waals surface area contributed by atoms with Gasteiger partial charge in [-0.1, -0.05) is 12.1 Å². The number of amides is 1. The molecule has 1 fully saturated rings. The molecule has 0 saturated carbocycles. The van der Waals surface area contributed by atoms with Crippen LogP contribution in [0.25, 0.3) is 11.1 Å². The van der Waals surface area contributed by atoms with Crippen molar-refractivity contribution in [3.63, 3.8) is 0 Å². The zero-order valence-corrected chi connectivity index (χ0v) is 18.2. The second-order valence-electron chi connectivity index (χ2n) is 7.71. The maximum atomic E-state index is 13.7. The first-order chi connectivity index (χ1) is 16.1. The van der Waals surface area contributed by atoms with Crippen LogP contribution in [0.5, 0.6) is 0 Å². The van der Waals surface area contributed by atoms with Crippen LogP contribution in [0.2, 0.25) is 0 Å². The number of anilines is 2. The predicted octanol–water partition coefficient (Wildman–Crippen LogP) is 4.29. The molecule has 7 nitrogen and oxygen atoms in total. The van der Waals surface area contributed by atoms with Gasteiger partial charge in [0.2, 0.25) is 0 Å². The van der Waals surface area contributed by atoms with Gasteiger partial charge in [0.05, 0.1) is 11.7 Å². The normalized spacial score (nSPS) is 16.5. The van der Waals surface area contributed by atoms with E-state index < -0.39 is 28.9 Å². The number of rotatable bonds is 6. The van der Waals surface area contributed by atoms with Crippen LogP contribution >= 0.6 is 11.6 Å². The number of pyridine rings is 1. The highest BCUT2D eigenvalue weighted by atomic mass is 35.5. The van der Waals surface area contributed by atoms with Crippen molar-refractivity contribution in [1.82, 2.24) is 15.0 Å². The lowest BCUT2D eigenvalue weighted by Crippen LogP contribution is -2.32. The Morgan fingerprint density at radius 1 is 1.12 bits per heavy atom. The third kappa shape index (κ3) is 4.80. The second kappa shape index (κ2) is 9.15. The first kappa shape index (κ1) is 23.8. The summed E-state index contributed by atoms with van der Waals surface area (Å²) < 4.78 is 53.4. The Labute approximate surface area is 196 Å². The molecular weight excluding hydrogens is 478 g/mol. The van der Waals surface area contributed by atoms with Crippen LogP contribution in [0.3, 0.4) is 0 Å². The van der Waals surface area contributed by atoms with Crippen molar-refractivity contribution >= 4 is 29.0 Å². The molecule has 2 aromatic heterocycles. The fraction of sp³-hybridized carbons (Fsp3) is 0.273. The highest BCUT2D eigenvalue weighted by molar-refractivity contribution is 6.22. The summed E-state index contributed by atoms with van der Waals surface area (Å²) in [5.74, 6) is -4.62. The molecule has 0 spiro atoms. The van der Waals surface area contributed by atoms with Crippen LogP contribution in [0.4, 0.5) is 29.1 Å². The number of benzene rings is 1. The summed E-state index contributed by atoms with van der Waals surface area (Å²) in [5.41, 5.74) is 0.454. The monoisotopic (exact) mass is 495 g/mol. The van der Waals surface area contributed by atoms with Gasteiger partial charge in [0.25, 0.3) is 5.91 Å². The number of aliphatic hydroxyl groups is 1. The second-order valence-corrected chi connectivity index (χ2v) is 8.19. The van der Waals surface area contributed by atoms with Gasteiger partial charge in [0.1, 0.15) is 12.1 Å². The molecule has 1 saturated heterocycles. The topological polar surface area (TPSA) is 91.2 Å². The minimum Gasteiger partial charge on any atom is -0.391 e. The Hall–Kier alpha value is -3.31. The van der Waals surface area contributed by atoms with E-state index in [1.54, 1.807) is 18.5 Å². The number of nitrogens with one attached hydrogen (secondary N) is 1. The third-order valence-electron chi connectivity index (χ3n) is 5.32. The molecule has 0 radical (unpaired) electrons. The Balaban J connectivity index is 1.59. The van der Waals surface area contributed by atoms with E-state index in [-0.39, 0.29) is 11.3 Å². The van der Waals surface area contributed by atoms with E-state index in [2.05, 4.69) is 31.9 Å². The van der Waals surface area contributed by atoms with E-state index in [4.69, 9.17) is 0 Å². The van der Waals surface area contributed by atoms with Gasteiger partial charge in [0, 0.05) is 54.1 Å². The van der Waals surface area contributed by atoms with E-state index in [9.17, 15) is 27.5 Å². The molecule has 3 aromatic rings. The standard InChI is InChI=1S/C22H18ClF4N5O2/c23-22(26,27)21(24,25)15-1-3-16(4-2-15)31-20(34)13-7-18(14-8-28-12-29-9-14)19(30-10-13)32-6-5-17(33)11-32/h1-4,7-10,12,17,33H,5-6,11H2,(H,31,34). The Kier molecular flexibility index (Phi) is 6.41.